The molecule has 0 saturated heterocycles. The maximum atomic E-state index is 12.8. The quantitative estimate of drug-likeness (QED) is 0.357. The number of fused-ring (bicyclic) bond motifs is 1. The maximum Gasteiger partial charge on any atom is 0.251 e. The van der Waals surface area contributed by atoms with Crippen molar-refractivity contribution in [3.8, 4) is 11.4 Å². The Bertz CT molecular complexity index is 1310. The van der Waals surface area contributed by atoms with Crippen LogP contribution >= 0.6 is 23.1 Å². The molecular weight excluding hydrogens is 472 g/mol. The molecule has 174 valence electrons. The highest BCUT2D eigenvalue weighted by Gasteiger charge is 2.25. The van der Waals surface area contributed by atoms with E-state index in [4.69, 9.17) is 10.2 Å². The minimum atomic E-state index is -0.498. The topological polar surface area (TPSA) is 129 Å². The van der Waals surface area contributed by atoms with E-state index in [2.05, 4.69) is 20.5 Å². The number of rotatable bonds is 8. The van der Waals surface area contributed by atoms with Crippen LogP contribution in [-0.2, 0) is 24.2 Å². The van der Waals surface area contributed by atoms with Crippen molar-refractivity contribution in [2.75, 3.05) is 11.1 Å². The Morgan fingerprint density at radius 2 is 2.09 bits per heavy atom. The van der Waals surface area contributed by atoms with Crippen LogP contribution in [0.2, 0.25) is 0 Å². The number of aromatic nitrogens is 4. The second kappa shape index (κ2) is 9.82. The van der Waals surface area contributed by atoms with Crippen LogP contribution in [0.1, 0.15) is 39.4 Å². The Morgan fingerprint density at radius 1 is 1.21 bits per heavy atom. The first-order valence-corrected chi connectivity index (χ1v) is 12.6. The van der Waals surface area contributed by atoms with E-state index in [0.29, 0.717) is 28.1 Å². The van der Waals surface area contributed by atoms with Crippen molar-refractivity contribution in [1.29, 1.82) is 0 Å². The Labute approximate surface area is 203 Å². The van der Waals surface area contributed by atoms with Gasteiger partial charge >= 0.3 is 0 Å². The number of carbonyl (C=O) groups is 2. The van der Waals surface area contributed by atoms with E-state index in [1.165, 1.54) is 23.1 Å². The number of carbonyl (C=O) groups excluding carboxylic acids is 2. The zero-order valence-electron chi connectivity index (χ0n) is 18.2. The Balaban J connectivity index is 1.34. The van der Waals surface area contributed by atoms with Crippen molar-refractivity contribution >= 4 is 39.9 Å². The third-order valence-electron chi connectivity index (χ3n) is 5.53. The standard InChI is InChI=1S/C23H22N6O3S2/c24-20(31)19-16-7-1-2-8-17(16)34-22(19)26-18(30)13-33-23-28-27-21(14-5-3-9-25-11-14)29(23)12-15-6-4-10-32-15/h3-6,9-11H,1-2,7-8,12-13H2,(H2,24,31)(H,26,30). The summed E-state index contributed by atoms with van der Waals surface area (Å²) in [6.07, 6.45) is 8.87. The van der Waals surface area contributed by atoms with Gasteiger partial charge in [0.2, 0.25) is 5.91 Å². The summed E-state index contributed by atoms with van der Waals surface area (Å²) in [5.41, 5.74) is 7.90. The largest absolute Gasteiger partial charge is 0.467 e. The average Bonchev–Trinajstić information content (AvgIpc) is 3.57. The van der Waals surface area contributed by atoms with Crippen LogP contribution < -0.4 is 11.1 Å². The molecule has 3 N–H and O–H groups in total. The van der Waals surface area contributed by atoms with Crippen LogP contribution in [0.15, 0.2) is 52.5 Å². The molecule has 0 saturated carbocycles. The third-order valence-corrected chi connectivity index (χ3v) is 7.71. The summed E-state index contributed by atoms with van der Waals surface area (Å²) in [7, 11) is 0. The molecule has 0 spiro atoms. The number of thiophene rings is 1. The highest BCUT2D eigenvalue weighted by molar-refractivity contribution is 7.99. The first-order valence-electron chi connectivity index (χ1n) is 10.8. The Kier molecular flexibility index (Phi) is 6.45. The molecule has 1 aliphatic carbocycles. The van der Waals surface area contributed by atoms with Crippen molar-refractivity contribution in [3.05, 3.63) is 64.7 Å². The number of pyridine rings is 1. The third kappa shape index (κ3) is 4.62. The molecule has 0 aliphatic heterocycles. The number of hydrogen-bond acceptors (Lipinski definition) is 8. The molecular formula is C23H22N6O3S2. The van der Waals surface area contributed by atoms with Gasteiger partial charge in [-0.05, 0) is 55.5 Å². The lowest BCUT2D eigenvalue weighted by Crippen LogP contribution is -2.19. The normalized spacial score (nSPS) is 12.9. The number of aryl methyl sites for hydroxylation is 1. The number of anilines is 1. The molecule has 34 heavy (non-hydrogen) atoms. The van der Waals surface area contributed by atoms with Gasteiger partial charge in [-0.25, -0.2) is 0 Å². The lowest BCUT2D eigenvalue weighted by molar-refractivity contribution is -0.113. The number of amides is 2. The van der Waals surface area contributed by atoms with Crippen LogP contribution in [0.25, 0.3) is 11.4 Å². The smallest absolute Gasteiger partial charge is 0.251 e. The van der Waals surface area contributed by atoms with Gasteiger partial charge in [0, 0.05) is 22.8 Å². The van der Waals surface area contributed by atoms with E-state index in [9.17, 15) is 9.59 Å². The van der Waals surface area contributed by atoms with Gasteiger partial charge < -0.3 is 15.5 Å². The molecule has 0 aromatic carbocycles. The van der Waals surface area contributed by atoms with Gasteiger partial charge in [0.25, 0.3) is 5.91 Å². The number of primary amides is 1. The van der Waals surface area contributed by atoms with Gasteiger partial charge in [-0.15, -0.1) is 21.5 Å². The predicted octanol–water partition coefficient (Wildman–Crippen LogP) is 3.75. The van der Waals surface area contributed by atoms with E-state index in [0.717, 1.165) is 47.4 Å². The second-order valence-electron chi connectivity index (χ2n) is 7.83. The molecule has 1 aliphatic rings. The zero-order chi connectivity index (χ0) is 23.5. The molecule has 0 atom stereocenters. The van der Waals surface area contributed by atoms with Crippen LogP contribution in [0.4, 0.5) is 5.00 Å². The number of nitrogens with zero attached hydrogens (tertiary/aromatic N) is 4. The van der Waals surface area contributed by atoms with Crippen molar-refractivity contribution in [3.63, 3.8) is 0 Å². The highest BCUT2D eigenvalue weighted by atomic mass is 32.2. The molecule has 4 aromatic heterocycles. The van der Waals surface area contributed by atoms with Crippen LogP contribution in [0.5, 0.6) is 0 Å². The van der Waals surface area contributed by atoms with Crippen molar-refractivity contribution in [2.45, 2.75) is 37.4 Å². The Morgan fingerprint density at radius 3 is 2.85 bits per heavy atom. The minimum Gasteiger partial charge on any atom is -0.467 e. The monoisotopic (exact) mass is 494 g/mol. The van der Waals surface area contributed by atoms with E-state index < -0.39 is 5.91 Å². The van der Waals surface area contributed by atoms with Crippen molar-refractivity contribution < 1.29 is 14.0 Å². The van der Waals surface area contributed by atoms with E-state index >= 15 is 0 Å². The summed E-state index contributed by atoms with van der Waals surface area (Å²) in [4.78, 5) is 30.2. The fourth-order valence-corrected chi connectivity index (χ4v) is 6.06. The van der Waals surface area contributed by atoms with E-state index in [1.807, 2.05) is 28.8 Å². The predicted molar refractivity (Wildman–Crippen MR) is 130 cm³/mol. The number of thioether (sulfide) groups is 1. The van der Waals surface area contributed by atoms with E-state index in [-0.39, 0.29) is 11.7 Å². The number of furan rings is 1. The molecule has 0 fully saturated rings. The number of hydrogen-bond donors (Lipinski definition) is 2. The first-order chi connectivity index (χ1) is 16.6. The fourth-order valence-electron chi connectivity index (χ4n) is 4.01. The first kappa shape index (κ1) is 22.4. The van der Waals surface area contributed by atoms with Crippen molar-refractivity contribution in [1.82, 2.24) is 19.7 Å². The van der Waals surface area contributed by atoms with Gasteiger partial charge in [0.15, 0.2) is 11.0 Å². The van der Waals surface area contributed by atoms with Gasteiger partial charge in [-0.1, -0.05) is 11.8 Å². The van der Waals surface area contributed by atoms with Crippen LogP contribution in [-0.4, -0.2) is 37.3 Å². The molecule has 11 heteroatoms. The summed E-state index contributed by atoms with van der Waals surface area (Å²) < 4.78 is 7.41. The summed E-state index contributed by atoms with van der Waals surface area (Å²) in [5.74, 6) is 0.744. The fraction of sp³-hybridized carbons (Fsp3) is 0.261. The molecule has 5 rings (SSSR count). The van der Waals surface area contributed by atoms with Gasteiger partial charge in [-0.3, -0.25) is 19.1 Å². The Hall–Kier alpha value is -3.44. The summed E-state index contributed by atoms with van der Waals surface area (Å²) in [5, 5.41) is 12.6. The zero-order valence-corrected chi connectivity index (χ0v) is 19.8. The highest BCUT2D eigenvalue weighted by Crippen LogP contribution is 2.38. The number of nitrogens with two attached hydrogens (primary N) is 1. The average molecular weight is 495 g/mol. The lowest BCUT2D eigenvalue weighted by atomic mass is 9.95. The summed E-state index contributed by atoms with van der Waals surface area (Å²) in [6.45, 7) is 0.414. The van der Waals surface area contributed by atoms with Crippen LogP contribution in [0.3, 0.4) is 0 Å². The van der Waals surface area contributed by atoms with E-state index in [1.54, 1.807) is 18.7 Å². The second-order valence-corrected chi connectivity index (χ2v) is 9.88. The molecule has 0 unspecified atom stereocenters. The van der Waals surface area contributed by atoms with Gasteiger partial charge in [-0.2, -0.15) is 0 Å². The van der Waals surface area contributed by atoms with Crippen LogP contribution in [0, 0.1) is 0 Å². The summed E-state index contributed by atoms with van der Waals surface area (Å²) >= 11 is 2.72. The summed E-state index contributed by atoms with van der Waals surface area (Å²) in [6, 6.07) is 7.43. The SMILES string of the molecule is NC(=O)c1c(NC(=O)CSc2nnc(-c3cccnc3)n2Cc2ccco2)sc2c1CCCC2. The molecule has 4 heterocycles. The molecule has 4 aromatic rings. The van der Waals surface area contributed by atoms with Gasteiger partial charge in [0.1, 0.15) is 10.8 Å². The van der Waals surface area contributed by atoms with Crippen molar-refractivity contribution in [2.24, 2.45) is 5.73 Å². The maximum absolute atomic E-state index is 12.8. The molecule has 9 nitrogen and oxygen atoms in total. The molecule has 2 amide bonds. The molecule has 0 radical (unpaired) electrons. The number of nitrogens with one attached hydrogen (secondary N) is 1. The van der Waals surface area contributed by atoms with Gasteiger partial charge in [0.05, 0.1) is 24.1 Å². The molecule has 0 bridgehead atoms. The lowest BCUT2D eigenvalue weighted by Gasteiger charge is -2.11. The minimum absolute atomic E-state index is 0.101.